The van der Waals surface area contributed by atoms with Crippen molar-refractivity contribution in [1.29, 1.82) is 0 Å². The highest BCUT2D eigenvalue weighted by Gasteiger charge is 2.38. The van der Waals surface area contributed by atoms with Crippen LogP contribution >= 0.6 is 0 Å². The van der Waals surface area contributed by atoms with Gasteiger partial charge in [0, 0.05) is 31.8 Å². The third kappa shape index (κ3) is 3.87. The molecular formula is C12H17F3N4O2. The molecule has 2 amide bonds. The first kappa shape index (κ1) is 15.6. The molecule has 1 aromatic heterocycles. The summed E-state index contributed by atoms with van der Waals surface area (Å²) in [6, 6.07) is -0.693. The largest absolute Gasteiger partial charge is 0.437 e. The Hall–Kier alpha value is -1.77. The SMILES string of the molecule is Cn1cc(NC(=O)NCC2(C)CCOC2)c(C(F)(F)F)n1. The number of halogens is 3. The van der Waals surface area contributed by atoms with Crippen molar-refractivity contribution in [3.8, 4) is 0 Å². The van der Waals surface area contributed by atoms with E-state index in [-0.39, 0.29) is 11.1 Å². The fourth-order valence-corrected chi connectivity index (χ4v) is 2.10. The molecule has 6 nitrogen and oxygen atoms in total. The molecule has 0 spiro atoms. The van der Waals surface area contributed by atoms with Crippen LogP contribution in [0.1, 0.15) is 19.0 Å². The van der Waals surface area contributed by atoms with E-state index in [0.29, 0.717) is 19.8 Å². The van der Waals surface area contributed by atoms with Gasteiger partial charge in [-0.25, -0.2) is 4.79 Å². The Bertz CT molecular complexity index is 521. The summed E-state index contributed by atoms with van der Waals surface area (Å²) in [6.45, 7) is 3.43. The minimum atomic E-state index is -4.62. The monoisotopic (exact) mass is 306 g/mol. The number of aryl methyl sites for hydroxylation is 1. The third-order valence-electron chi connectivity index (χ3n) is 3.32. The van der Waals surface area contributed by atoms with Gasteiger partial charge in [-0.05, 0) is 6.42 Å². The van der Waals surface area contributed by atoms with Gasteiger partial charge in [0.1, 0.15) is 0 Å². The van der Waals surface area contributed by atoms with Crippen LogP contribution in [0.4, 0.5) is 23.7 Å². The first-order valence-electron chi connectivity index (χ1n) is 6.43. The fraction of sp³-hybridized carbons (Fsp3) is 0.667. The van der Waals surface area contributed by atoms with E-state index in [1.165, 1.54) is 7.05 Å². The van der Waals surface area contributed by atoms with Gasteiger partial charge in [-0.3, -0.25) is 4.68 Å². The van der Waals surface area contributed by atoms with Crippen LogP contribution in [-0.4, -0.2) is 35.6 Å². The summed E-state index contributed by atoms with van der Waals surface area (Å²) in [7, 11) is 1.36. The average Bonchev–Trinajstić information content (AvgIpc) is 2.94. The summed E-state index contributed by atoms with van der Waals surface area (Å²) in [5.41, 5.74) is -1.66. The zero-order chi connectivity index (χ0) is 15.7. The summed E-state index contributed by atoms with van der Waals surface area (Å²) in [4.78, 5) is 11.7. The van der Waals surface area contributed by atoms with Crippen LogP contribution in [0.3, 0.4) is 0 Å². The molecule has 1 aliphatic heterocycles. The van der Waals surface area contributed by atoms with Gasteiger partial charge in [0.2, 0.25) is 0 Å². The molecule has 0 aliphatic carbocycles. The number of nitrogens with one attached hydrogen (secondary N) is 2. The Balaban J connectivity index is 1.97. The van der Waals surface area contributed by atoms with Crippen LogP contribution in [-0.2, 0) is 18.0 Å². The van der Waals surface area contributed by atoms with Crippen LogP contribution in [0, 0.1) is 5.41 Å². The maximum Gasteiger partial charge on any atom is 0.437 e. The van der Waals surface area contributed by atoms with Crippen molar-refractivity contribution in [2.45, 2.75) is 19.5 Å². The highest BCUT2D eigenvalue weighted by molar-refractivity contribution is 5.89. The molecule has 1 aromatic rings. The number of hydrogen-bond acceptors (Lipinski definition) is 3. The van der Waals surface area contributed by atoms with Crippen molar-refractivity contribution in [1.82, 2.24) is 15.1 Å². The van der Waals surface area contributed by atoms with Crippen LogP contribution in [0.2, 0.25) is 0 Å². The molecule has 21 heavy (non-hydrogen) atoms. The third-order valence-corrected chi connectivity index (χ3v) is 3.32. The average molecular weight is 306 g/mol. The van der Waals surface area contributed by atoms with Crippen LogP contribution in [0.5, 0.6) is 0 Å². The molecule has 2 rings (SSSR count). The molecule has 118 valence electrons. The zero-order valence-electron chi connectivity index (χ0n) is 11.8. The molecule has 0 saturated carbocycles. The Morgan fingerprint density at radius 3 is 2.86 bits per heavy atom. The maximum atomic E-state index is 12.7. The van der Waals surface area contributed by atoms with E-state index in [1.807, 2.05) is 6.92 Å². The van der Waals surface area contributed by atoms with E-state index < -0.39 is 17.9 Å². The molecule has 1 fully saturated rings. The summed E-state index contributed by atoms with van der Waals surface area (Å²) in [5, 5.41) is 8.07. The van der Waals surface area contributed by atoms with E-state index in [1.54, 1.807) is 0 Å². The molecule has 1 unspecified atom stereocenters. The number of carbonyl (C=O) groups is 1. The molecule has 2 N–H and O–H groups in total. The minimum Gasteiger partial charge on any atom is -0.381 e. The van der Waals surface area contributed by atoms with Gasteiger partial charge in [0.05, 0.1) is 12.3 Å². The second kappa shape index (κ2) is 5.55. The lowest BCUT2D eigenvalue weighted by Gasteiger charge is -2.21. The van der Waals surface area contributed by atoms with Gasteiger partial charge in [0.15, 0.2) is 5.69 Å². The lowest BCUT2D eigenvalue weighted by atomic mass is 9.90. The Morgan fingerprint density at radius 2 is 2.29 bits per heavy atom. The molecule has 0 bridgehead atoms. The van der Waals surface area contributed by atoms with Crippen LogP contribution in [0.25, 0.3) is 0 Å². The predicted molar refractivity (Wildman–Crippen MR) is 68.8 cm³/mol. The zero-order valence-corrected chi connectivity index (χ0v) is 11.8. The van der Waals surface area contributed by atoms with E-state index in [0.717, 1.165) is 17.3 Å². The molecule has 1 saturated heterocycles. The van der Waals surface area contributed by atoms with Crippen molar-refractivity contribution in [2.75, 3.05) is 25.1 Å². The Morgan fingerprint density at radius 1 is 1.57 bits per heavy atom. The Kier molecular flexibility index (Phi) is 4.13. The number of alkyl halides is 3. The fourth-order valence-electron chi connectivity index (χ4n) is 2.10. The number of ether oxygens (including phenoxy) is 1. The number of nitrogens with zero attached hydrogens (tertiary/aromatic N) is 2. The van der Waals surface area contributed by atoms with Crippen molar-refractivity contribution in [2.24, 2.45) is 12.5 Å². The highest BCUT2D eigenvalue weighted by atomic mass is 19.4. The van der Waals surface area contributed by atoms with Crippen molar-refractivity contribution in [3.63, 3.8) is 0 Å². The lowest BCUT2D eigenvalue weighted by molar-refractivity contribution is -0.140. The van der Waals surface area contributed by atoms with Crippen molar-refractivity contribution >= 4 is 11.7 Å². The second-order valence-corrected chi connectivity index (χ2v) is 5.48. The number of urea groups is 1. The van der Waals surface area contributed by atoms with Gasteiger partial charge >= 0.3 is 12.2 Å². The second-order valence-electron chi connectivity index (χ2n) is 5.48. The smallest absolute Gasteiger partial charge is 0.381 e. The van der Waals surface area contributed by atoms with Crippen molar-refractivity contribution < 1.29 is 22.7 Å². The summed E-state index contributed by atoms with van der Waals surface area (Å²) < 4.78 is 44.5. The highest BCUT2D eigenvalue weighted by Crippen LogP contribution is 2.33. The van der Waals surface area contributed by atoms with E-state index >= 15 is 0 Å². The molecule has 9 heteroatoms. The lowest BCUT2D eigenvalue weighted by Crippen LogP contribution is -2.38. The molecule has 1 aliphatic rings. The first-order valence-corrected chi connectivity index (χ1v) is 6.43. The van der Waals surface area contributed by atoms with E-state index in [9.17, 15) is 18.0 Å². The van der Waals surface area contributed by atoms with E-state index in [4.69, 9.17) is 4.74 Å². The summed E-state index contributed by atoms with van der Waals surface area (Å²) >= 11 is 0. The first-order chi connectivity index (χ1) is 9.70. The maximum absolute atomic E-state index is 12.7. The van der Waals surface area contributed by atoms with Crippen LogP contribution in [0.15, 0.2) is 6.20 Å². The number of aromatic nitrogens is 2. The minimum absolute atomic E-state index is 0.181. The number of hydrogen-bond donors (Lipinski definition) is 2. The van der Waals surface area contributed by atoms with Crippen LogP contribution < -0.4 is 10.6 Å². The summed E-state index contributed by atoms with van der Waals surface area (Å²) in [6.07, 6.45) is -2.70. The van der Waals surface area contributed by atoms with Gasteiger partial charge in [-0.15, -0.1) is 0 Å². The molecule has 0 radical (unpaired) electrons. The normalized spacial score (nSPS) is 22.3. The number of anilines is 1. The van der Waals surface area contributed by atoms with Gasteiger partial charge in [-0.1, -0.05) is 6.92 Å². The van der Waals surface area contributed by atoms with Gasteiger partial charge in [0.25, 0.3) is 0 Å². The predicted octanol–water partition coefficient (Wildman–Crippen LogP) is 1.99. The Labute approximate surface area is 119 Å². The van der Waals surface area contributed by atoms with Crippen molar-refractivity contribution in [3.05, 3.63) is 11.9 Å². The molecule has 0 aromatic carbocycles. The van der Waals surface area contributed by atoms with E-state index in [2.05, 4.69) is 15.7 Å². The summed E-state index contributed by atoms with van der Waals surface area (Å²) in [5.74, 6) is 0. The molecular weight excluding hydrogens is 289 g/mol. The quantitative estimate of drug-likeness (QED) is 0.897. The van der Waals surface area contributed by atoms with Gasteiger partial charge < -0.3 is 15.4 Å². The molecule has 2 heterocycles. The topological polar surface area (TPSA) is 68.2 Å². The standard InChI is InChI=1S/C12H17F3N4O2/c1-11(3-4-21-7-11)6-16-10(20)17-8-5-19(2)18-9(8)12(13,14)15/h5H,3-4,6-7H2,1-2H3,(H2,16,17,20). The number of carbonyl (C=O) groups excluding carboxylic acids is 1. The number of amides is 2. The number of rotatable bonds is 3. The van der Waals surface area contributed by atoms with Gasteiger partial charge in [-0.2, -0.15) is 18.3 Å². The molecule has 1 atom stereocenters.